The van der Waals surface area contributed by atoms with E-state index in [4.69, 9.17) is 10.7 Å². The summed E-state index contributed by atoms with van der Waals surface area (Å²) in [5.74, 6) is 2.45. The summed E-state index contributed by atoms with van der Waals surface area (Å²) in [6.07, 6.45) is 10.1. The van der Waals surface area contributed by atoms with E-state index in [1.54, 1.807) is 0 Å². The summed E-state index contributed by atoms with van der Waals surface area (Å²) in [5.41, 5.74) is 8.18. The van der Waals surface area contributed by atoms with E-state index in [1.165, 1.54) is 32.1 Å². The number of nitrogens with two attached hydrogens (primary N) is 1. The molecule has 1 fully saturated rings. The van der Waals surface area contributed by atoms with Crippen LogP contribution in [0.15, 0.2) is 12.5 Å². The summed E-state index contributed by atoms with van der Waals surface area (Å²) in [5, 5.41) is 0. The summed E-state index contributed by atoms with van der Waals surface area (Å²) < 4.78 is 4.15. The molecule has 0 aromatic carbocycles. The molecule has 1 aliphatic carbocycles. The fraction of sp³-hybridized carbons (Fsp3) is 0.600. The van der Waals surface area contributed by atoms with E-state index in [1.807, 2.05) is 19.6 Å². The lowest BCUT2D eigenvalue weighted by atomic mass is 9.89. The first-order valence-corrected chi connectivity index (χ1v) is 7.55. The number of nitrogens with zero attached hydrogens (tertiary/aromatic N) is 4. The molecule has 3 rings (SSSR count). The fourth-order valence-corrected chi connectivity index (χ4v) is 3.21. The topological polar surface area (TPSA) is 61.7 Å². The zero-order chi connectivity index (χ0) is 14.1. The van der Waals surface area contributed by atoms with E-state index in [9.17, 15) is 0 Å². The molecule has 0 spiro atoms. The van der Waals surface area contributed by atoms with Crippen molar-refractivity contribution in [3.63, 3.8) is 0 Å². The Labute approximate surface area is 119 Å². The third kappa shape index (κ3) is 2.11. The van der Waals surface area contributed by atoms with Crippen molar-refractivity contribution >= 4 is 5.82 Å². The van der Waals surface area contributed by atoms with Gasteiger partial charge in [-0.25, -0.2) is 9.97 Å². The smallest absolute Gasteiger partial charge is 0.133 e. The van der Waals surface area contributed by atoms with Gasteiger partial charge in [-0.15, -0.1) is 0 Å². The van der Waals surface area contributed by atoms with Gasteiger partial charge in [0.1, 0.15) is 17.3 Å². The van der Waals surface area contributed by atoms with Crippen molar-refractivity contribution in [2.75, 3.05) is 5.73 Å². The van der Waals surface area contributed by atoms with Gasteiger partial charge in [-0.3, -0.25) is 0 Å². The Kier molecular flexibility index (Phi) is 3.51. The Morgan fingerprint density at radius 2 is 2.05 bits per heavy atom. The molecule has 0 bridgehead atoms. The van der Waals surface area contributed by atoms with Crippen molar-refractivity contribution in [3.8, 4) is 11.4 Å². The van der Waals surface area contributed by atoms with Gasteiger partial charge in [0.15, 0.2) is 0 Å². The van der Waals surface area contributed by atoms with E-state index in [0.717, 1.165) is 29.6 Å². The lowest BCUT2D eigenvalue weighted by molar-refractivity contribution is 0.422. The normalized spacial score (nSPS) is 16.7. The second-order valence-corrected chi connectivity index (χ2v) is 5.66. The molecule has 5 nitrogen and oxygen atoms in total. The van der Waals surface area contributed by atoms with Gasteiger partial charge in [-0.2, -0.15) is 0 Å². The highest BCUT2D eigenvalue weighted by Gasteiger charge is 2.24. The Morgan fingerprint density at radius 1 is 1.30 bits per heavy atom. The van der Waals surface area contributed by atoms with Crippen LogP contribution in [0.3, 0.4) is 0 Å². The molecule has 2 aromatic rings. The lowest BCUT2D eigenvalue weighted by Crippen LogP contribution is -2.11. The zero-order valence-corrected chi connectivity index (χ0v) is 12.3. The minimum atomic E-state index is 0.558. The van der Waals surface area contributed by atoms with Crippen LogP contribution in [0.25, 0.3) is 11.4 Å². The number of hydrogen-bond acceptors (Lipinski definition) is 3. The van der Waals surface area contributed by atoms with Gasteiger partial charge < -0.3 is 14.9 Å². The zero-order valence-electron chi connectivity index (χ0n) is 12.3. The summed E-state index contributed by atoms with van der Waals surface area (Å²) in [6.45, 7) is 2.98. The molecule has 2 heterocycles. The molecular weight excluding hydrogens is 250 g/mol. The quantitative estimate of drug-likeness (QED) is 0.935. The van der Waals surface area contributed by atoms with Crippen LogP contribution in [0, 0.1) is 0 Å². The second kappa shape index (κ2) is 5.31. The first-order valence-electron chi connectivity index (χ1n) is 7.55. The van der Waals surface area contributed by atoms with Crippen molar-refractivity contribution in [1.29, 1.82) is 0 Å². The highest BCUT2D eigenvalue weighted by atomic mass is 15.2. The third-order valence-electron chi connectivity index (χ3n) is 4.44. The second-order valence-electron chi connectivity index (χ2n) is 5.66. The van der Waals surface area contributed by atoms with Gasteiger partial charge in [-0.05, 0) is 19.8 Å². The molecule has 2 N–H and O–H groups in total. The van der Waals surface area contributed by atoms with Gasteiger partial charge in [-0.1, -0.05) is 19.3 Å². The first kappa shape index (κ1) is 13.2. The van der Waals surface area contributed by atoms with Gasteiger partial charge >= 0.3 is 0 Å². The molecule has 0 aliphatic heterocycles. The average Bonchev–Trinajstić information content (AvgIpc) is 3.06. The number of aryl methyl sites for hydroxylation is 1. The van der Waals surface area contributed by atoms with Gasteiger partial charge in [0.05, 0.1) is 18.2 Å². The Morgan fingerprint density at radius 3 is 2.75 bits per heavy atom. The Hall–Kier alpha value is -1.78. The number of anilines is 1. The van der Waals surface area contributed by atoms with Crippen LogP contribution >= 0.6 is 0 Å². The maximum Gasteiger partial charge on any atom is 0.133 e. The van der Waals surface area contributed by atoms with Crippen LogP contribution < -0.4 is 5.73 Å². The predicted octanol–water partition coefficient (Wildman–Crippen LogP) is 2.93. The highest BCUT2D eigenvalue weighted by molar-refractivity contribution is 5.68. The summed E-state index contributed by atoms with van der Waals surface area (Å²) >= 11 is 0. The van der Waals surface area contributed by atoms with Crippen LogP contribution in [-0.4, -0.2) is 19.1 Å². The van der Waals surface area contributed by atoms with Crippen LogP contribution in [-0.2, 0) is 13.6 Å². The van der Waals surface area contributed by atoms with Crippen molar-refractivity contribution in [2.24, 2.45) is 7.05 Å². The first-order chi connectivity index (χ1) is 9.72. The van der Waals surface area contributed by atoms with Gasteiger partial charge in [0.2, 0.25) is 0 Å². The Bertz CT molecular complexity index is 589. The maximum absolute atomic E-state index is 6.28. The molecule has 0 amide bonds. The molecule has 108 valence electrons. The Balaban J connectivity index is 2.01. The molecule has 5 heteroatoms. The summed E-state index contributed by atoms with van der Waals surface area (Å²) in [6, 6.07) is 0. The van der Waals surface area contributed by atoms with Crippen LogP contribution in [0.5, 0.6) is 0 Å². The van der Waals surface area contributed by atoms with Crippen LogP contribution in [0.4, 0.5) is 5.82 Å². The standard InChI is InChI=1S/C15H23N5/c1-3-20-10-17-9-12(20)13-14(16)19(2)15(18-13)11-7-5-4-6-8-11/h9-11H,3-8,16H2,1-2H3. The average molecular weight is 273 g/mol. The molecule has 0 saturated heterocycles. The molecule has 2 aromatic heterocycles. The maximum atomic E-state index is 6.28. The molecule has 0 unspecified atom stereocenters. The van der Waals surface area contributed by atoms with Crippen molar-refractivity contribution in [2.45, 2.75) is 51.5 Å². The lowest BCUT2D eigenvalue weighted by Gasteiger charge is -2.21. The number of hydrogen-bond donors (Lipinski definition) is 1. The van der Waals surface area contributed by atoms with E-state index < -0.39 is 0 Å². The number of rotatable bonds is 3. The van der Waals surface area contributed by atoms with Gasteiger partial charge in [0, 0.05) is 19.5 Å². The monoisotopic (exact) mass is 273 g/mol. The van der Waals surface area contributed by atoms with Crippen molar-refractivity contribution in [1.82, 2.24) is 19.1 Å². The number of imidazole rings is 2. The van der Waals surface area contributed by atoms with Crippen molar-refractivity contribution in [3.05, 3.63) is 18.3 Å². The number of nitrogen functional groups attached to an aromatic ring is 1. The van der Waals surface area contributed by atoms with E-state index >= 15 is 0 Å². The number of aromatic nitrogens is 4. The van der Waals surface area contributed by atoms with Crippen LogP contribution in [0.1, 0.15) is 50.8 Å². The molecule has 0 atom stereocenters. The van der Waals surface area contributed by atoms with Crippen LogP contribution in [0.2, 0.25) is 0 Å². The minimum absolute atomic E-state index is 0.558. The third-order valence-corrected chi connectivity index (χ3v) is 4.44. The largest absolute Gasteiger partial charge is 0.383 e. The predicted molar refractivity (Wildman–Crippen MR) is 80.3 cm³/mol. The van der Waals surface area contributed by atoms with Gasteiger partial charge in [0.25, 0.3) is 0 Å². The molecule has 1 saturated carbocycles. The molecular formula is C15H23N5. The highest BCUT2D eigenvalue weighted by Crippen LogP contribution is 2.35. The van der Waals surface area contributed by atoms with E-state index in [-0.39, 0.29) is 0 Å². The van der Waals surface area contributed by atoms with Crippen molar-refractivity contribution < 1.29 is 0 Å². The SMILES string of the molecule is CCn1cncc1-c1nc(C2CCCCC2)n(C)c1N. The summed E-state index contributed by atoms with van der Waals surface area (Å²) in [4.78, 5) is 9.08. The van der Waals surface area contributed by atoms with E-state index in [0.29, 0.717) is 5.92 Å². The summed E-state index contributed by atoms with van der Waals surface area (Å²) in [7, 11) is 2.03. The molecule has 20 heavy (non-hydrogen) atoms. The molecule has 0 radical (unpaired) electrons. The van der Waals surface area contributed by atoms with E-state index in [2.05, 4.69) is 21.0 Å². The minimum Gasteiger partial charge on any atom is -0.383 e. The fourth-order valence-electron chi connectivity index (χ4n) is 3.21. The molecule has 1 aliphatic rings.